The van der Waals surface area contributed by atoms with Crippen LogP contribution in [0.4, 0.5) is 11.5 Å². The van der Waals surface area contributed by atoms with E-state index in [9.17, 15) is 0 Å². The summed E-state index contributed by atoms with van der Waals surface area (Å²) < 4.78 is 1.94. The van der Waals surface area contributed by atoms with Gasteiger partial charge in [-0.05, 0) is 25.0 Å². The van der Waals surface area contributed by atoms with Gasteiger partial charge in [0, 0.05) is 24.8 Å². The van der Waals surface area contributed by atoms with Crippen LogP contribution in [0.1, 0.15) is 16.8 Å². The normalized spacial score (nSPS) is 14.1. The van der Waals surface area contributed by atoms with E-state index in [0.29, 0.717) is 5.88 Å². The Hall–Kier alpha value is -1.48. The summed E-state index contributed by atoms with van der Waals surface area (Å²) in [7, 11) is 1.99. The van der Waals surface area contributed by atoms with Gasteiger partial charge in [-0.1, -0.05) is 18.2 Å². The van der Waals surface area contributed by atoms with Gasteiger partial charge in [0.1, 0.15) is 5.82 Å². The number of aryl methyl sites for hydroxylation is 2. The van der Waals surface area contributed by atoms with E-state index in [1.165, 1.54) is 11.3 Å². The molecule has 0 bridgehead atoms. The van der Waals surface area contributed by atoms with Gasteiger partial charge in [-0.25, -0.2) is 0 Å². The number of hydrogen-bond donors (Lipinski definition) is 0. The molecule has 4 heteroatoms. The zero-order valence-corrected chi connectivity index (χ0v) is 11.4. The summed E-state index contributed by atoms with van der Waals surface area (Å²) in [5.74, 6) is 1.64. The van der Waals surface area contributed by atoms with Gasteiger partial charge in [0.15, 0.2) is 0 Å². The number of benzene rings is 1. The molecule has 1 aliphatic rings. The average Bonchev–Trinajstić information content (AvgIpc) is 2.89. The lowest BCUT2D eigenvalue weighted by atomic mass is 10.2. The molecule has 94 valence electrons. The predicted octanol–water partition coefficient (Wildman–Crippen LogP) is 3.16. The summed E-state index contributed by atoms with van der Waals surface area (Å²) in [6, 6.07) is 8.54. The molecular formula is C14H16ClN3. The Morgan fingerprint density at radius 3 is 2.89 bits per heavy atom. The van der Waals surface area contributed by atoms with Crippen LogP contribution < -0.4 is 4.90 Å². The van der Waals surface area contributed by atoms with Gasteiger partial charge in [-0.3, -0.25) is 4.68 Å². The number of halogens is 1. The molecule has 0 saturated heterocycles. The minimum atomic E-state index is 0.508. The quantitative estimate of drug-likeness (QED) is 0.775. The van der Waals surface area contributed by atoms with Crippen LogP contribution in [-0.2, 0) is 19.3 Å². The van der Waals surface area contributed by atoms with Crippen molar-refractivity contribution in [2.45, 2.75) is 19.2 Å². The fourth-order valence-corrected chi connectivity index (χ4v) is 3.06. The van der Waals surface area contributed by atoms with Crippen molar-refractivity contribution in [1.82, 2.24) is 9.78 Å². The van der Waals surface area contributed by atoms with E-state index in [1.807, 2.05) is 18.7 Å². The van der Waals surface area contributed by atoms with Crippen LogP contribution in [0.25, 0.3) is 0 Å². The molecule has 0 fully saturated rings. The topological polar surface area (TPSA) is 21.1 Å². The fraction of sp³-hybridized carbons (Fsp3) is 0.357. The van der Waals surface area contributed by atoms with Crippen LogP contribution in [-0.4, -0.2) is 16.3 Å². The molecule has 0 spiro atoms. The number of para-hydroxylation sites is 1. The smallest absolute Gasteiger partial charge is 0.135 e. The van der Waals surface area contributed by atoms with E-state index in [0.717, 1.165) is 30.0 Å². The van der Waals surface area contributed by atoms with Crippen molar-refractivity contribution < 1.29 is 0 Å². The first-order valence-corrected chi connectivity index (χ1v) is 6.69. The zero-order chi connectivity index (χ0) is 12.7. The second-order valence-electron chi connectivity index (χ2n) is 4.68. The highest BCUT2D eigenvalue weighted by Gasteiger charge is 2.25. The standard InChI is InChI=1S/C14H16ClN3/c1-10-12(9-15)14(17(2)16-10)18-8-7-11-5-3-4-6-13(11)18/h3-6H,7-9H2,1-2H3. The third-order valence-electron chi connectivity index (χ3n) is 3.59. The summed E-state index contributed by atoms with van der Waals surface area (Å²) >= 11 is 6.08. The minimum Gasteiger partial charge on any atom is -0.326 e. The number of fused-ring (bicyclic) bond motifs is 1. The van der Waals surface area contributed by atoms with E-state index >= 15 is 0 Å². The van der Waals surface area contributed by atoms with Crippen LogP contribution in [0.5, 0.6) is 0 Å². The number of alkyl halides is 1. The van der Waals surface area contributed by atoms with Crippen molar-refractivity contribution >= 4 is 23.1 Å². The van der Waals surface area contributed by atoms with Crippen molar-refractivity contribution in [3.63, 3.8) is 0 Å². The number of hydrogen-bond acceptors (Lipinski definition) is 2. The molecule has 2 heterocycles. The summed E-state index contributed by atoms with van der Waals surface area (Å²) in [5.41, 5.74) is 4.84. The highest BCUT2D eigenvalue weighted by molar-refractivity contribution is 6.17. The van der Waals surface area contributed by atoms with Gasteiger partial charge in [0.25, 0.3) is 0 Å². The number of rotatable bonds is 2. The summed E-state index contributed by atoms with van der Waals surface area (Å²) in [6.07, 6.45) is 1.09. The van der Waals surface area contributed by atoms with Gasteiger partial charge in [0.05, 0.1) is 11.6 Å². The minimum absolute atomic E-state index is 0.508. The molecule has 0 amide bonds. The Kier molecular flexibility index (Phi) is 2.78. The van der Waals surface area contributed by atoms with Crippen LogP contribution in [0.2, 0.25) is 0 Å². The Morgan fingerprint density at radius 2 is 2.11 bits per heavy atom. The van der Waals surface area contributed by atoms with Crippen molar-refractivity contribution in [1.29, 1.82) is 0 Å². The fourth-order valence-electron chi connectivity index (χ4n) is 2.74. The maximum Gasteiger partial charge on any atom is 0.135 e. The van der Waals surface area contributed by atoms with Crippen LogP contribution in [0.15, 0.2) is 24.3 Å². The molecule has 3 nitrogen and oxygen atoms in total. The monoisotopic (exact) mass is 261 g/mol. The molecule has 2 aromatic rings. The number of nitrogens with zero attached hydrogens (tertiary/aromatic N) is 3. The van der Waals surface area contributed by atoms with Crippen LogP contribution >= 0.6 is 11.6 Å². The second-order valence-corrected chi connectivity index (χ2v) is 4.94. The second kappa shape index (κ2) is 4.32. The third-order valence-corrected chi connectivity index (χ3v) is 3.86. The van der Waals surface area contributed by atoms with Crippen LogP contribution in [0, 0.1) is 6.92 Å². The molecular weight excluding hydrogens is 246 g/mol. The molecule has 3 rings (SSSR count). The zero-order valence-electron chi connectivity index (χ0n) is 10.7. The lowest BCUT2D eigenvalue weighted by molar-refractivity contribution is 0.743. The van der Waals surface area contributed by atoms with Gasteiger partial charge >= 0.3 is 0 Å². The van der Waals surface area contributed by atoms with Crippen molar-refractivity contribution in [2.24, 2.45) is 7.05 Å². The highest BCUT2D eigenvalue weighted by Crippen LogP contribution is 2.37. The molecule has 0 saturated carbocycles. The predicted molar refractivity (Wildman–Crippen MR) is 74.7 cm³/mol. The molecule has 0 atom stereocenters. The molecule has 0 unspecified atom stereocenters. The molecule has 0 radical (unpaired) electrons. The highest BCUT2D eigenvalue weighted by atomic mass is 35.5. The molecule has 0 aliphatic carbocycles. The van der Waals surface area contributed by atoms with Crippen LogP contribution in [0.3, 0.4) is 0 Å². The number of anilines is 2. The average molecular weight is 262 g/mol. The van der Waals surface area contributed by atoms with Crippen molar-refractivity contribution in [3.8, 4) is 0 Å². The van der Waals surface area contributed by atoms with Crippen molar-refractivity contribution in [2.75, 3.05) is 11.4 Å². The SMILES string of the molecule is Cc1nn(C)c(N2CCc3ccccc32)c1CCl. The first-order valence-electron chi connectivity index (χ1n) is 6.16. The van der Waals surface area contributed by atoms with E-state index in [4.69, 9.17) is 11.6 Å². The Labute approximate surface area is 112 Å². The van der Waals surface area contributed by atoms with E-state index in [1.54, 1.807) is 0 Å². The first kappa shape index (κ1) is 11.6. The van der Waals surface area contributed by atoms with Gasteiger partial charge in [-0.15, -0.1) is 11.6 Å². The molecule has 1 aromatic heterocycles. The maximum absolute atomic E-state index is 6.08. The summed E-state index contributed by atoms with van der Waals surface area (Å²) in [5, 5.41) is 4.49. The Bertz CT molecular complexity index is 589. The lowest BCUT2D eigenvalue weighted by Crippen LogP contribution is -2.18. The molecule has 1 aromatic carbocycles. The van der Waals surface area contributed by atoms with Gasteiger partial charge in [0.2, 0.25) is 0 Å². The lowest BCUT2D eigenvalue weighted by Gasteiger charge is -2.20. The Morgan fingerprint density at radius 1 is 1.33 bits per heavy atom. The summed E-state index contributed by atoms with van der Waals surface area (Å²) in [6.45, 7) is 3.02. The van der Waals surface area contributed by atoms with Crippen molar-refractivity contribution in [3.05, 3.63) is 41.1 Å². The largest absolute Gasteiger partial charge is 0.326 e. The maximum atomic E-state index is 6.08. The molecule has 1 aliphatic heterocycles. The Balaban J connectivity index is 2.13. The molecule has 0 N–H and O–H groups in total. The molecule has 18 heavy (non-hydrogen) atoms. The number of aromatic nitrogens is 2. The van der Waals surface area contributed by atoms with Gasteiger partial charge < -0.3 is 4.90 Å². The van der Waals surface area contributed by atoms with E-state index in [-0.39, 0.29) is 0 Å². The third kappa shape index (κ3) is 1.62. The first-order chi connectivity index (χ1) is 8.72. The van der Waals surface area contributed by atoms with E-state index in [2.05, 4.69) is 34.3 Å². The summed E-state index contributed by atoms with van der Waals surface area (Å²) in [4.78, 5) is 2.33. The van der Waals surface area contributed by atoms with E-state index < -0.39 is 0 Å². The van der Waals surface area contributed by atoms with Gasteiger partial charge in [-0.2, -0.15) is 5.10 Å².